The third-order valence-electron chi connectivity index (χ3n) is 1.85. The molecule has 0 aliphatic carbocycles. The molecule has 0 aliphatic rings. The van der Waals surface area contributed by atoms with E-state index in [2.05, 4.69) is 15.3 Å². The van der Waals surface area contributed by atoms with Gasteiger partial charge >= 0.3 is 0 Å². The first-order chi connectivity index (χ1) is 7.36. The fraction of sp³-hybridized carbons (Fsp3) is 0. The Labute approximate surface area is 93.2 Å². The predicted molar refractivity (Wildman–Crippen MR) is 63.8 cm³/mol. The summed E-state index contributed by atoms with van der Waals surface area (Å²) in [6.07, 6.45) is 5.14. The Hall–Kier alpha value is -1.81. The molecule has 1 N–H and O–H groups in total. The fourth-order valence-electron chi connectivity index (χ4n) is 1.13. The molecule has 0 aliphatic heterocycles. The quantitative estimate of drug-likeness (QED) is 0.780. The number of rotatable bonds is 2. The van der Waals surface area contributed by atoms with Crippen molar-refractivity contribution in [3.63, 3.8) is 0 Å². The van der Waals surface area contributed by atoms with E-state index in [1.54, 1.807) is 18.6 Å². The molecule has 0 saturated heterocycles. The van der Waals surface area contributed by atoms with Gasteiger partial charge in [-0.15, -0.1) is 0 Å². The highest BCUT2D eigenvalue weighted by Gasteiger charge is 2.00. The normalized spacial score (nSPS) is 9.60. The third-order valence-corrected chi connectivity index (χ3v) is 2.19. The van der Waals surface area contributed by atoms with Crippen molar-refractivity contribution >= 4 is 23.0 Å². The Morgan fingerprint density at radius 1 is 1.07 bits per heavy atom. The maximum Gasteiger partial charge on any atom is 0.130 e. The second-order valence-electron chi connectivity index (χ2n) is 2.90. The molecule has 0 fully saturated rings. The van der Waals surface area contributed by atoms with Gasteiger partial charge in [-0.05, 0) is 24.3 Å². The van der Waals surface area contributed by atoms with Crippen LogP contribution in [0.5, 0.6) is 0 Å². The van der Waals surface area contributed by atoms with Crippen LogP contribution < -0.4 is 5.32 Å². The van der Waals surface area contributed by atoms with E-state index in [1.807, 2.05) is 30.3 Å². The molecule has 4 heteroatoms. The average Bonchev–Trinajstić information content (AvgIpc) is 2.31. The van der Waals surface area contributed by atoms with Crippen molar-refractivity contribution in [1.29, 1.82) is 0 Å². The van der Waals surface area contributed by atoms with Gasteiger partial charge in [-0.1, -0.05) is 18.3 Å². The molecule has 2 rings (SSSR count). The SMILES string of the molecule is S=C(Nc1ccccn1)c1ccncc1. The zero-order valence-corrected chi connectivity index (χ0v) is 8.74. The highest BCUT2D eigenvalue weighted by molar-refractivity contribution is 7.81. The van der Waals surface area contributed by atoms with Gasteiger partial charge < -0.3 is 5.32 Å². The van der Waals surface area contributed by atoms with Gasteiger partial charge in [-0.2, -0.15) is 0 Å². The van der Waals surface area contributed by atoms with Crippen molar-refractivity contribution < 1.29 is 0 Å². The van der Waals surface area contributed by atoms with Crippen molar-refractivity contribution in [2.45, 2.75) is 0 Å². The molecule has 0 aromatic carbocycles. The molecule has 0 bridgehead atoms. The van der Waals surface area contributed by atoms with E-state index in [0.717, 1.165) is 11.4 Å². The largest absolute Gasteiger partial charge is 0.331 e. The summed E-state index contributed by atoms with van der Waals surface area (Å²) in [6, 6.07) is 9.36. The highest BCUT2D eigenvalue weighted by Crippen LogP contribution is 2.05. The summed E-state index contributed by atoms with van der Waals surface area (Å²) in [6.45, 7) is 0. The third kappa shape index (κ3) is 2.57. The van der Waals surface area contributed by atoms with Crippen LogP contribution in [0, 0.1) is 0 Å². The maximum absolute atomic E-state index is 5.22. The Bertz CT molecular complexity index is 442. The van der Waals surface area contributed by atoms with Crippen LogP contribution in [0.1, 0.15) is 5.56 Å². The lowest BCUT2D eigenvalue weighted by Gasteiger charge is -2.05. The molecule has 3 nitrogen and oxygen atoms in total. The number of anilines is 1. The zero-order chi connectivity index (χ0) is 10.5. The maximum atomic E-state index is 5.22. The molecule has 0 amide bonds. The topological polar surface area (TPSA) is 37.8 Å². The van der Waals surface area contributed by atoms with Gasteiger partial charge in [0.05, 0.1) is 0 Å². The van der Waals surface area contributed by atoms with E-state index in [4.69, 9.17) is 12.2 Å². The standard InChI is InChI=1S/C11H9N3S/c15-11(9-4-7-12-8-5-9)14-10-3-1-2-6-13-10/h1-8H,(H,13,14,15). The second-order valence-corrected chi connectivity index (χ2v) is 3.31. The Kier molecular flexibility index (Phi) is 2.99. The highest BCUT2D eigenvalue weighted by atomic mass is 32.1. The Balaban J connectivity index is 2.12. The number of hydrogen-bond acceptors (Lipinski definition) is 3. The number of thiocarbonyl (C=S) groups is 1. The van der Waals surface area contributed by atoms with Crippen LogP contribution in [-0.2, 0) is 0 Å². The van der Waals surface area contributed by atoms with E-state index in [0.29, 0.717) is 4.99 Å². The summed E-state index contributed by atoms with van der Waals surface area (Å²) >= 11 is 5.22. The summed E-state index contributed by atoms with van der Waals surface area (Å²) < 4.78 is 0. The van der Waals surface area contributed by atoms with Crippen molar-refractivity contribution in [2.75, 3.05) is 5.32 Å². The number of nitrogens with one attached hydrogen (secondary N) is 1. The number of hydrogen-bond donors (Lipinski definition) is 1. The Morgan fingerprint density at radius 2 is 1.87 bits per heavy atom. The van der Waals surface area contributed by atoms with E-state index in [1.165, 1.54) is 0 Å². The molecular weight excluding hydrogens is 206 g/mol. The summed E-state index contributed by atoms with van der Waals surface area (Å²) in [7, 11) is 0. The van der Waals surface area contributed by atoms with Gasteiger partial charge in [-0.3, -0.25) is 4.98 Å². The smallest absolute Gasteiger partial charge is 0.130 e. The summed E-state index contributed by atoms with van der Waals surface area (Å²) in [4.78, 5) is 8.71. The van der Waals surface area contributed by atoms with Crippen LogP contribution in [0.15, 0.2) is 48.9 Å². The lowest BCUT2D eigenvalue weighted by atomic mass is 10.2. The molecule has 2 aromatic rings. The number of nitrogens with zero attached hydrogens (tertiary/aromatic N) is 2. The summed E-state index contributed by atoms with van der Waals surface area (Å²) in [5.74, 6) is 0.749. The Morgan fingerprint density at radius 3 is 2.53 bits per heavy atom. The van der Waals surface area contributed by atoms with Crippen LogP contribution in [0.4, 0.5) is 5.82 Å². The van der Waals surface area contributed by atoms with Crippen LogP contribution in [0.3, 0.4) is 0 Å². The zero-order valence-electron chi connectivity index (χ0n) is 7.92. The summed E-state index contributed by atoms with van der Waals surface area (Å²) in [5.41, 5.74) is 0.936. The molecule has 2 aromatic heterocycles. The molecule has 0 radical (unpaired) electrons. The lowest BCUT2D eigenvalue weighted by Crippen LogP contribution is -2.11. The summed E-state index contributed by atoms with van der Waals surface area (Å²) in [5, 5.41) is 3.05. The monoisotopic (exact) mass is 215 g/mol. The van der Waals surface area contributed by atoms with Crippen molar-refractivity contribution in [3.8, 4) is 0 Å². The van der Waals surface area contributed by atoms with Crippen molar-refractivity contribution in [1.82, 2.24) is 9.97 Å². The number of pyridine rings is 2. The van der Waals surface area contributed by atoms with Crippen molar-refractivity contribution in [2.24, 2.45) is 0 Å². The molecule has 0 saturated carbocycles. The molecule has 2 heterocycles. The average molecular weight is 215 g/mol. The van der Waals surface area contributed by atoms with Crippen LogP contribution in [0.25, 0.3) is 0 Å². The first-order valence-electron chi connectivity index (χ1n) is 4.49. The van der Waals surface area contributed by atoms with Gasteiger partial charge in [0, 0.05) is 24.2 Å². The first kappa shape index (κ1) is 9.73. The van der Waals surface area contributed by atoms with Crippen LogP contribution in [0.2, 0.25) is 0 Å². The molecule has 0 spiro atoms. The number of aromatic nitrogens is 2. The molecule has 15 heavy (non-hydrogen) atoms. The van der Waals surface area contributed by atoms with E-state index in [-0.39, 0.29) is 0 Å². The van der Waals surface area contributed by atoms with E-state index >= 15 is 0 Å². The van der Waals surface area contributed by atoms with Crippen LogP contribution >= 0.6 is 12.2 Å². The van der Waals surface area contributed by atoms with Gasteiger partial charge in [0.1, 0.15) is 10.8 Å². The van der Waals surface area contributed by atoms with Gasteiger partial charge in [0.2, 0.25) is 0 Å². The minimum absolute atomic E-state index is 0.649. The van der Waals surface area contributed by atoms with Crippen LogP contribution in [-0.4, -0.2) is 15.0 Å². The molecule has 74 valence electrons. The first-order valence-corrected chi connectivity index (χ1v) is 4.89. The second kappa shape index (κ2) is 4.61. The van der Waals surface area contributed by atoms with Crippen molar-refractivity contribution in [3.05, 3.63) is 54.5 Å². The van der Waals surface area contributed by atoms with E-state index in [9.17, 15) is 0 Å². The minimum atomic E-state index is 0.649. The van der Waals surface area contributed by atoms with Gasteiger partial charge in [-0.25, -0.2) is 4.98 Å². The lowest BCUT2D eigenvalue weighted by molar-refractivity contribution is 1.31. The minimum Gasteiger partial charge on any atom is -0.331 e. The molecule has 0 atom stereocenters. The predicted octanol–water partition coefficient (Wildman–Crippen LogP) is 2.26. The fourth-order valence-corrected chi connectivity index (χ4v) is 1.37. The molecule has 0 unspecified atom stereocenters. The van der Waals surface area contributed by atoms with Gasteiger partial charge in [0.25, 0.3) is 0 Å². The molecular formula is C11H9N3S. The van der Waals surface area contributed by atoms with Gasteiger partial charge in [0.15, 0.2) is 0 Å². The van der Waals surface area contributed by atoms with E-state index < -0.39 is 0 Å².